The summed E-state index contributed by atoms with van der Waals surface area (Å²) >= 11 is 1.62. The number of aryl methyl sites for hydroxylation is 1. The zero-order valence-corrected chi connectivity index (χ0v) is 23.5. The van der Waals surface area contributed by atoms with Crippen LogP contribution in [0.25, 0.3) is 10.2 Å². The first-order chi connectivity index (χ1) is 17.4. The summed E-state index contributed by atoms with van der Waals surface area (Å²) in [6.45, 7) is 13.0. The molecule has 1 aliphatic heterocycles. The number of carbonyl (C=O) groups excluding carboxylic acids is 2. The second-order valence-electron chi connectivity index (χ2n) is 11.0. The quantitative estimate of drug-likeness (QED) is 0.362. The molecule has 6 nitrogen and oxygen atoms in total. The molecule has 202 valence electrons. The first-order valence-electron chi connectivity index (χ1n) is 13.2. The van der Waals surface area contributed by atoms with Gasteiger partial charge >= 0.3 is 5.97 Å². The van der Waals surface area contributed by atoms with Crippen LogP contribution in [0.3, 0.4) is 0 Å². The van der Waals surface area contributed by atoms with E-state index in [4.69, 9.17) is 4.74 Å². The maximum Gasteiger partial charge on any atom is 0.309 e. The van der Waals surface area contributed by atoms with Crippen molar-refractivity contribution >= 4 is 33.3 Å². The molecular weight excluding hydrogens is 486 g/mol. The number of carbonyl (C=O) groups is 2. The summed E-state index contributed by atoms with van der Waals surface area (Å²) in [7, 11) is 0. The number of aliphatic hydroxyl groups excluding tert-OH is 2. The van der Waals surface area contributed by atoms with Gasteiger partial charge in [-0.05, 0) is 63.1 Å². The second kappa shape index (κ2) is 12.5. The smallest absolute Gasteiger partial charge is 0.309 e. The number of esters is 1. The Morgan fingerprint density at radius 3 is 2.68 bits per heavy atom. The van der Waals surface area contributed by atoms with Gasteiger partial charge in [0.1, 0.15) is 11.9 Å². The highest BCUT2D eigenvalue weighted by atomic mass is 32.1. The molecule has 2 aromatic rings. The Hall–Kier alpha value is -2.35. The van der Waals surface area contributed by atoms with Gasteiger partial charge in [-0.15, -0.1) is 17.9 Å². The van der Waals surface area contributed by atoms with Crippen molar-refractivity contribution in [2.24, 2.45) is 17.3 Å². The fourth-order valence-corrected chi connectivity index (χ4v) is 5.84. The summed E-state index contributed by atoms with van der Waals surface area (Å²) in [5, 5.41) is 23.1. The van der Waals surface area contributed by atoms with Gasteiger partial charge in [0.05, 0.1) is 39.3 Å². The Labute approximate surface area is 224 Å². The largest absolute Gasteiger partial charge is 0.457 e. The van der Waals surface area contributed by atoms with Crippen LogP contribution in [-0.4, -0.2) is 39.2 Å². The summed E-state index contributed by atoms with van der Waals surface area (Å²) in [5.41, 5.74) is 1.66. The molecule has 0 bridgehead atoms. The molecular formula is C30H41NO5S. The minimum atomic E-state index is -1.25. The lowest BCUT2D eigenvalue weighted by Crippen LogP contribution is -2.46. The lowest BCUT2D eigenvalue weighted by Gasteiger charge is -2.35. The predicted octanol–water partition coefficient (Wildman–Crippen LogP) is 6.24. The monoisotopic (exact) mass is 527 g/mol. The van der Waals surface area contributed by atoms with Crippen molar-refractivity contribution < 1.29 is 24.5 Å². The summed E-state index contributed by atoms with van der Waals surface area (Å²) < 4.78 is 6.99. The number of hydrogen-bond acceptors (Lipinski definition) is 7. The number of allylic oxidation sites excluding steroid dienone is 2. The third kappa shape index (κ3) is 7.15. The number of ketones is 1. The van der Waals surface area contributed by atoms with Crippen molar-refractivity contribution in [1.29, 1.82) is 0 Å². The van der Waals surface area contributed by atoms with E-state index in [9.17, 15) is 19.8 Å². The number of hydrogen-bond donors (Lipinski definition) is 2. The minimum Gasteiger partial charge on any atom is -0.457 e. The van der Waals surface area contributed by atoms with Crippen LogP contribution in [0.4, 0.5) is 0 Å². The fraction of sp³-hybridized carbons (Fsp3) is 0.567. The van der Waals surface area contributed by atoms with E-state index in [1.54, 1.807) is 31.3 Å². The highest BCUT2D eigenvalue weighted by Crippen LogP contribution is 2.35. The number of benzene rings is 1. The molecule has 3 rings (SSSR count). The molecule has 1 aromatic heterocycles. The zero-order valence-electron chi connectivity index (χ0n) is 22.7. The molecule has 0 saturated carbocycles. The van der Waals surface area contributed by atoms with E-state index >= 15 is 0 Å². The van der Waals surface area contributed by atoms with Gasteiger partial charge < -0.3 is 14.9 Å². The number of Topliss-reactive ketones (excluding diaryl/α,β-unsaturated/α-hetero) is 1. The van der Waals surface area contributed by atoms with Gasteiger partial charge in [-0.2, -0.15) is 0 Å². The van der Waals surface area contributed by atoms with E-state index in [1.165, 1.54) is 5.57 Å². The average Bonchev–Trinajstić information content (AvgIpc) is 3.22. The van der Waals surface area contributed by atoms with Gasteiger partial charge in [0, 0.05) is 12.3 Å². The molecule has 0 saturated heterocycles. The molecule has 2 N–H and O–H groups in total. The highest BCUT2D eigenvalue weighted by molar-refractivity contribution is 7.18. The summed E-state index contributed by atoms with van der Waals surface area (Å²) in [6, 6.07) is 5.93. The van der Waals surface area contributed by atoms with Crippen molar-refractivity contribution in [3.8, 4) is 0 Å². The maximum absolute atomic E-state index is 13.6. The molecule has 1 aromatic carbocycles. The topological polar surface area (TPSA) is 96.7 Å². The average molecular weight is 528 g/mol. The van der Waals surface area contributed by atoms with E-state index in [0.29, 0.717) is 12.8 Å². The van der Waals surface area contributed by atoms with E-state index in [-0.39, 0.29) is 18.1 Å². The standard InChI is InChI=1S/C30H41NO5S/c1-7-9-22-28(34)19(3)11-8-10-18(2)12-14-24(21-13-15-25-23(16-21)31-20(4)37-25)36-27(33)17-26(32)30(5,6)29(22)35/h7,12-13,15-16,19,22,24,26,28,32,34H,1,8-11,14,17H2,2-6H3/t19-,22+,24?,26-,28-/m0/s1. The molecule has 37 heavy (non-hydrogen) atoms. The van der Waals surface area contributed by atoms with Crippen LogP contribution in [0.2, 0.25) is 0 Å². The fourth-order valence-electron chi connectivity index (χ4n) is 5.04. The number of ether oxygens (including phenoxy) is 1. The molecule has 0 fully saturated rings. The lowest BCUT2D eigenvalue weighted by atomic mass is 9.71. The Morgan fingerprint density at radius 1 is 1.24 bits per heavy atom. The molecule has 1 aliphatic rings. The first kappa shape index (κ1) is 29.2. The number of aromatic nitrogens is 1. The Morgan fingerprint density at radius 2 is 1.97 bits per heavy atom. The van der Waals surface area contributed by atoms with Gasteiger partial charge in [0.2, 0.25) is 0 Å². The number of nitrogens with zero attached hydrogens (tertiary/aromatic N) is 1. The highest BCUT2D eigenvalue weighted by Gasteiger charge is 2.43. The first-order valence-corrected chi connectivity index (χ1v) is 14.0. The van der Waals surface area contributed by atoms with Crippen molar-refractivity contribution in [2.75, 3.05) is 0 Å². The van der Waals surface area contributed by atoms with Crippen LogP contribution in [0.15, 0.2) is 42.5 Å². The van der Waals surface area contributed by atoms with Crippen molar-refractivity contribution in [3.63, 3.8) is 0 Å². The van der Waals surface area contributed by atoms with Crippen molar-refractivity contribution in [1.82, 2.24) is 4.98 Å². The predicted molar refractivity (Wildman–Crippen MR) is 148 cm³/mol. The van der Waals surface area contributed by atoms with Gasteiger partial charge in [0.15, 0.2) is 0 Å². The van der Waals surface area contributed by atoms with Gasteiger partial charge in [0.25, 0.3) is 0 Å². The van der Waals surface area contributed by atoms with Crippen LogP contribution in [0.5, 0.6) is 0 Å². The van der Waals surface area contributed by atoms with Gasteiger partial charge in [-0.3, -0.25) is 9.59 Å². The summed E-state index contributed by atoms with van der Waals surface area (Å²) in [6.07, 6.45) is 4.10. The number of aliphatic hydroxyl groups is 2. The molecule has 0 radical (unpaired) electrons. The third-order valence-corrected chi connectivity index (χ3v) is 8.61. The molecule has 1 unspecified atom stereocenters. The van der Waals surface area contributed by atoms with E-state index in [0.717, 1.165) is 40.1 Å². The van der Waals surface area contributed by atoms with Crippen LogP contribution in [0.1, 0.15) is 82.9 Å². The van der Waals surface area contributed by atoms with Crippen molar-refractivity contribution in [2.45, 2.75) is 91.5 Å². The minimum absolute atomic E-state index is 0.0893. The number of rotatable bonds is 3. The van der Waals surface area contributed by atoms with Crippen molar-refractivity contribution in [3.05, 3.63) is 53.1 Å². The second-order valence-corrected chi connectivity index (χ2v) is 12.3. The summed E-state index contributed by atoms with van der Waals surface area (Å²) in [4.78, 5) is 31.2. The van der Waals surface area contributed by atoms with Crippen LogP contribution in [0, 0.1) is 24.2 Å². The van der Waals surface area contributed by atoms with Crippen LogP contribution < -0.4 is 0 Å². The molecule has 0 amide bonds. The van der Waals surface area contributed by atoms with E-state index in [2.05, 4.69) is 24.6 Å². The maximum atomic E-state index is 13.6. The molecule has 5 atom stereocenters. The summed E-state index contributed by atoms with van der Waals surface area (Å²) in [5.74, 6) is -1.62. The molecule has 2 heterocycles. The van der Waals surface area contributed by atoms with Gasteiger partial charge in [-0.1, -0.05) is 44.6 Å². The lowest BCUT2D eigenvalue weighted by molar-refractivity contribution is -0.156. The third-order valence-electron chi connectivity index (χ3n) is 7.66. The molecule has 0 spiro atoms. The molecule has 7 heteroatoms. The Bertz CT molecular complexity index is 1150. The zero-order chi connectivity index (χ0) is 27.3. The van der Waals surface area contributed by atoms with E-state index in [1.807, 2.05) is 32.0 Å². The SMILES string of the molecule is C=CC[C@H]1C(=O)C(C)(C)[C@@H](O)CC(=O)OC(c2ccc3sc(C)nc3c2)CC=C(C)CCC[C@H](C)[C@@H]1O. The van der Waals surface area contributed by atoms with Crippen LogP contribution >= 0.6 is 11.3 Å². The Balaban J connectivity index is 1.93. The number of thiazole rings is 1. The van der Waals surface area contributed by atoms with Gasteiger partial charge in [-0.25, -0.2) is 4.98 Å². The molecule has 0 aliphatic carbocycles. The normalized spacial score (nSPS) is 28.5. The van der Waals surface area contributed by atoms with Crippen LogP contribution in [-0.2, 0) is 14.3 Å². The van der Waals surface area contributed by atoms with E-state index < -0.39 is 35.6 Å². The number of cyclic esters (lactones) is 1. The number of fused-ring (bicyclic) bond motifs is 1. The Kier molecular flexibility index (Phi) is 9.84.